The molecule has 0 amide bonds. The summed E-state index contributed by atoms with van der Waals surface area (Å²) in [5, 5.41) is 12.5. The number of carboxylic acids is 1. The van der Waals surface area contributed by atoms with Gasteiger partial charge in [0, 0.05) is 11.6 Å². The molecule has 4 nitrogen and oxygen atoms in total. The summed E-state index contributed by atoms with van der Waals surface area (Å²) in [6.45, 7) is 1.93. The van der Waals surface area contributed by atoms with Gasteiger partial charge >= 0.3 is 5.97 Å². The summed E-state index contributed by atoms with van der Waals surface area (Å²) in [5.41, 5.74) is 0.666. The van der Waals surface area contributed by atoms with Crippen LogP contribution < -0.4 is 10.1 Å². The Balaban J connectivity index is 2.15. The number of benzene rings is 2. The van der Waals surface area contributed by atoms with Gasteiger partial charge in [-0.3, -0.25) is 4.79 Å². The highest BCUT2D eigenvalue weighted by Crippen LogP contribution is 2.32. The molecule has 0 aliphatic carbocycles. The lowest BCUT2D eigenvalue weighted by molar-refractivity contribution is -0.140. The normalized spacial score (nSPS) is 11.7. The summed E-state index contributed by atoms with van der Waals surface area (Å²) in [5.74, 6) is -0.0547. The predicted molar refractivity (Wildman–Crippen MR) is 83.3 cm³/mol. The maximum absolute atomic E-state index is 10.9. The number of hydrogen-bond acceptors (Lipinski definition) is 3. The molecule has 0 radical (unpaired) electrons. The van der Waals surface area contributed by atoms with Gasteiger partial charge in [-0.2, -0.15) is 0 Å². The molecule has 0 heterocycles. The first-order valence-electron chi connectivity index (χ1n) is 6.55. The van der Waals surface area contributed by atoms with Gasteiger partial charge in [0.25, 0.3) is 0 Å². The standard InChI is InChI=1S/C16H16ClNO3/c1-11(16(19)20)10-18-14-9-12(17)7-8-15(14)21-13-5-3-2-4-6-13/h2-9,11,18H,10H2,1H3,(H,19,20). The van der Waals surface area contributed by atoms with Crippen LogP contribution in [-0.2, 0) is 4.79 Å². The van der Waals surface area contributed by atoms with E-state index in [0.29, 0.717) is 28.8 Å². The SMILES string of the molecule is CC(CNc1cc(Cl)ccc1Oc1ccccc1)C(=O)O. The zero-order valence-corrected chi connectivity index (χ0v) is 12.3. The number of nitrogens with one attached hydrogen (secondary N) is 1. The zero-order valence-electron chi connectivity index (χ0n) is 11.5. The van der Waals surface area contributed by atoms with Gasteiger partial charge in [0.1, 0.15) is 5.75 Å². The Labute approximate surface area is 128 Å². The largest absolute Gasteiger partial charge is 0.481 e. The van der Waals surface area contributed by atoms with E-state index in [4.69, 9.17) is 21.4 Å². The minimum absolute atomic E-state index is 0.292. The molecule has 0 bridgehead atoms. The number of carboxylic acid groups (broad SMARTS) is 1. The average molecular weight is 306 g/mol. The molecule has 1 atom stereocenters. The Hall–Kier alpha value is -2.20. The lowest BCUT2D eigenvalue weighted by Gasteiger charge is -2.15. The molecule has 2 N–H and O–H groups in total. The van der Waals surface area contributed by atoms with Gasteiger partial charge in [0.05, 0.1) is 11.6 Å². The summed E-state index contributed by atoms with van der Waals surface area (Å²) >= 11 is 5.99. The van der Waals surface area contributed by atoms with Crippen LogP contribution in [0.1, 0.15) is 6.92 Å². The summed E-state index contributed by atoms with van der Waals surface area (Å²) in [7, 11) is 0. The van der Waals surface area contributed by atoms with E-state index >= 15 is 0 Å². The molecule has 2 aromatic carbocycles. The van der Waals surface area contributed by atoms with Crippen molar-refractivity contribution in [3.8, 4) is 11.5 Å². The van der Waals surface area contributed by atoms with E-state index in [0.717, 1.165) is 0 Å². The van der Waals surface area contributed by atoms with Crippen LogP contribution >= 0.6 is 11.6 Å². The number of rotatable bonds is 6. The van der Waals surface area contributed by atoms with Crippen molar-refractivity contribution in [2.24, 2.45) is 5.92 Å². The lowest BCUT2D eigenvalue weighted by atomic mass is 10.2. The van der Waals surface area contributed by atoms with Crippen molar-refractivity contribution < 1.29 is 14.6 Å². The van der Waals surface area contributed by atoms with E-state index in [1.54, 1.807) is 25.1 Å². The molecular weight excluding hydrogens is 290 g/mol. The van der Waals surface area contributed by atoms with Crippen molar-refractivity contribution in [3.63, 3.8) is 0 Å². The average Bonchev–Trinajstić information content (AvgIpc) is 2.48. The van der Waals surface area contributed by atoms with Crippen LogP contribution in [-0.4, -0.2) is 17.6 Å². The molecule has 1 unspecified atom stereocenters. The molecule has 0 aromatic heterocycles. The van der Waals surface area contributed by atoms with Gasteiger partial charge in [0.15, 0.2) is 5.75 Å². The quantitative estimate of drug-likeness (QED) is 0.837. The molecule has 2 rings (SSSR count). The third-order valence-electron chi connectivity index (χ3n) is 2.93. The summed E-state index contributed by atoms with van der Waals surface area (Å²) in [4.78, 5) is 10.9. The molecule has 110 valence electrons. The number of carbonyl (C=O) groups is 1. The highest BCUT2D eigenvalue weighted by atomic mass is 35.5. The van der Waals surface area contributed by atoms with Gasteiger partial charge in [-0.05, 0) is 30.3 Å². The van der Waals surface area contributed by atoms with Gasteiger partial charge in [0.2, 0.25) is 0 Å². The number of aliphatic carboxylic acids is 1. The highest BCUT2D eigenvalue weighted by molar-refractivity contribution is 6.30. The number of hydrogen-bond donors (Lipinski definition) is 2. The molecule has 2 aromatic rings. The predicted octanol–water partition coefficient (Wildman–Crippen LogP) is 4.26. The number of ether oxygens (including phenoxy) is 1. The molecule has 0 fully saturated rings. The van der Waals surface area contributed by atoms with E-state index in [-0.39, 0.29) is 0 Å². The van der Waals surface area contributed by atoms with Crippen molar-refractivity contribution in [1.29, 1.82) is 0 Å². The number of anilines is 1. The van der Waals surface area contributed by atoms with Gasteiger partial charge in [-0.15, -0.1) is 0 Å². The minimum atomic E-state index is -0.852. The third-order valence-corrected chi connectivity index (χ3v) is 3.17. The summed E-state index contributed by atoms with van der Waals surface area (Å²) in [6.07, 6.45) is 0. The molecule has 5 heteroatoms. The molecular formula is C16H16ClNO3. The van der Waals surface area contributed by atoms with Gasteiger partial charge in [-0.1, -0.05) is 36.7 Å². The van der Waals surface area contributed by atoms with Crippen molar-refractivity contribution >= 4 is 23.3 Å². The van der Waals surface area contributed by atoms with Crippen LogP contribution in [0.2, 0.25) is 5.02 Å². The van der Waals surface area contributed by atoms with Crippen LogP contribution in [0.15, 0.2) is 48.5 Å². The summed E-state index contributed by atoms with van der Waals surface area (Å²) < 4.78 is 5.79. The highest BCUT2D eigenvalue weighted by Gasteiger charge is 2.12. The van der Waals surface area contributed by atoms with Crippen LogP contribution in [0, 0.1) is 5.92 Å². The van der Waals surface area contributed by atoms with E-state index < -0.39 is 11.9 Å². The zero-order chi connectivity index (χ0) is 15.2. The molecule has 0 saturated heterocycles. The second-order valence-corrected chi connectivity index (χ2v) is 5.11. The van der Waals surface area contributed by atoms with E-state index in [1.165, 1.54) is 0 Å². The third kappa shape index (κ3) is 4.39. The van der Waals surface area contributed by atoms with E-state index in [1.807, 2.05) is 30.3 Å². The van der Waals surface area contributed by atoms with Crippen molar-refractivity contribution in [3.05, 3.63) is 53.6 Å². The van der Waals surface area contributed by atoms with Crippen molar-refractivity contribution in [2.45, 2.75) is 6.92 Å². The van der Waals surface area contributed by atoms with E-state index in [9.17, 15) is 4.79 Å². The fraction of sp³-hybridized carbons (Fsp3) is 0.188. The fourth-order valence-electron chi connectivity index (χ4n) is 1.70. The number of para-hydroxylation sites is 1. The van der Waals surface area contributed by atoms with Crippen LogP contribution in [0.4, 0.5) is 5.69 Å². The molecule has 0 saturated carbocycles. The Morgan fingerprint density at radius 2 is 2.00 bits per heavy atom. The first-order valence-corrected chi connectivity index (χ1v) is 6.93. The second kappa shape index (κ2) is 6.99. The van der Waals surface area contributed by atoms with Crippen molar-refractivity contribution in [1.82, 2.24) is 0 Å². The van der Waals surface area contributed by atoms with Crippen molar-refractivity contribution in [2.75, 3.05) is 11.9 Å². The minimum Gasteiger partial charge on any atom is -0.481 e. The molecule has 0 aliphatic heterocycles. The Kier molecular flexibility index (Phi) is 5.06. The Bertz CT molecular complexity index is 616. The summed E-state index contributed by atoms with van der Waals surface area (Å²) in [6, 6.07) is 14.6. The number of halogens is 1. The van der Waals surface area contributed by atoms with Gasteiger partial charge in [-0.25, -0.2) is 0 Å². The lowest BCUT2D eigenvalue weighted by Crippen LogP contribution is -2.19. The monoisotopic (exact) mass is 305 g/mol. The topological polar surface area (TPSA) is 58.6 Å². The Morgan fingerprint density at radius 1 is 1.29 bits per heavy atom. The molecule has 21 heavy (non-hydrogen) atoms. The molecule has 0 aliphatic rings. The van der Waals surface area contributed by atoms with Crippen LogP contribution in [0.25, 0.3) is 0 Å². The Morgan fingerprint density at radius 3 is 2.67 bits per heavy atom. The fourth-order valence-corrected chi connectivity index (χ4v) is 1.87. The maximum Gasteiger partial charge on any atom is 0.308 e. The first kappa shape index (κ1) is 15.2. The molecule has 0 spiro atoms. The maximum atomic E-state index is 10.9. The van der Waals surface area contributed by atoms with Gasteiger partial charge < -0.3 is 15.2 Å². The van der Waals surface area contributed by atoms with Crippen LogP contribution in [0.5, 0.6) is 11.5 Å². The second-order valence-electron chi connectivity index (χ2n) is 4.68. The van der Waals surface area contributed by atoms with E-state index in [2.05, 4.69) is 5.32 Å². The van der Waals surface area contributed by atoms with Crippen LogP contribution in [0.3, 0.4) is 0 Å². The smallest absolute Gasteiger partial charge is 0.308 e. The first-order chi connectivity index (χ1) is 10.1.